The van der Waals surface area contributed by atoms with Crippen molar-refractivity contribution in [1.82, 2.24) is 15.2 Å². The molecule has 0 fully saturated rings. The number of hydrogen-bond donors (Lipinski definition) is 2. The monoisotopic (exact) mass is 262 g/mol. The molecule has 2 aromatic rings. The molecule has 1 atom stereocenters. The van der Waals surface area contributed by atoms with Gasteiger partial charge in [0.25, 0.3) is 0 Å². The minimum atomic E-state index is -0.394. The highest BCUT2D eigenvalue weighted by molar-refractivity contribution is 5.40. The van der Waals surface area contributed by atoms with Gasteiger partial charge in [-0.3, -0.25) is 10.5 Å². The first kappa shape index (κ1) is 13.7. The highest BCUT2D eigenvalue weighted by atomic mass is 19.1. The molecule has 1 aromatic carbocycles. The molecule has 0 radical (unpaired) electrons. The highest BCUT2D eigenvalue weighted by Crippen LogP contribution is 2.29. The van der Waals surface area contributed by atoms with Gasteiger partial charge in [0.15, 0.2) is 0 Å². The number of nitrogens with zero attached hydrogens (tertiary/aromatic N) is 2. The number of halogens is 1. The van der Waals surface area contributed by atoms with Crippen LogP contribution in [0.25, 0.3) is 0 Å². The lowest BCUT2D eigenvalue weighted by Gasteiger charge is -2.19. The third-order valence-electron chi connectivity index (χ3n) is 3.52. The Kier molecular flexibility index (Phi) is 3.68. The van der Waals surface area contributed by atoms with Crippen LogP contribution in [0.5, 0.6) is 0 Å². The molecule has 0 spiro atoms. The van der Waals surface area contributed by atoms with Gasteiger partial charge in [0.05, 0.1) is 12.2 Å². The lowest BCUT2D eigenvalue weighted by Crippen LogP contribution is -2.30. The molecule has 0 aliphatic rings. The minimum Gasteiger partial charge on any atom is -0.273 e. The summed E-state index contributed by atoms with van der Waals surface area (Å²) in [6.07, 6.45) is 1.72. The zero-order valence-electron chi connectivity index (χ0n) is 11.7. The number of hydrazine groups is 1. The molecule has 0 aliphatic carbocycles. The van der Waals surface area contributed by atoms with Crippen LogP contribution in [0.15, 0.2) is 18.3 Å². The summed E-state index contributed by atoms with van der Waals surface area (Å²) in [6, 6.07) is 3.08. The minimum absolute atomic E-state index is 0.247. The van der Waals surface area contributed by atoms with E-state index >= 15 is 0 Å². The number of aromatic nitrogens is 2. The smallest absolute Gasteiger partial charge is 0.128 e. The Labute approximate surface area is 112 Å². The summed E-state index contributed by atoms with van der Waals surface area (Å²) in [4.78, 5) is 0. The standard InChI is InChI=1S/C14H19FN4/c1-8-5-9(2)13(12(15)6-8)14(18-16)11-7-17-19(4)10(11)3/h5-7,14,18H,16H2,1-4H3. The quantitative estimate of drug-likeness (QED) is 0.657. The van der Waals surface area contributed by atoms with Gasteiger partial charge in [0, 0.05) is 23.9 Å². The lowest BCUT2D eigenvalue weighted by atomic mass is 9.94. The van der Waals surface area contributed by atoms with Crippen molar-refractivity contribution in [2.24, 2.45) is 12.9 Å². The van der Waals surface area contributed by atoms with Gasteiger partial charge >= 0.3 is 0 Å². The van der Waals surface area contributed by atoms with E-state index in [0.717, 1.165) is 22.4 Å². The van der Waals surface area contributed by atoms with E-state index in [1.807, 2.05) is 33.9 Å². The molecule has 0 bridgehead atoms. The Morgan fingerprint density at radius 3 is 2.47 bits per heavy atom. The molecular weight excluding hydrogens is 243 g/mol. The van der Waals surface area contributed by atoms with E-state index in [4.69, 9.17) is 5.84 Å². The fraction of sp³-hybridized carbons (Fsp3) is 0.357. The Hall–Kier alpha value is -1.72. The van der Waals surface area contributed by atoms with E-state index in [1.165, 1.54) is 6.07 Å². The summed E-state index contributed by atoms with van der Waals surface area (Å²) < 4.78 is 16.0. The first-order chi connectivity index (χ1) is 8.95. The van der Waals surface area contributed by atoms with Crippen LogP contribution < -0.4 is 11.3 Å². The molecule has 0 amide bonds. The summed E-state index contributed by atoms with van der Waals surface area (Å²) in [5.74, 6) is 5.39. The van der Waals surface area contributed by atoms with Crippen LogP contribution in [0.3, 0.4) is 0 Å². The van der Waals surface area contributed by atoms with Gasteiger partial charge in [-0.15, -0.1) is 0 Å². The topological polar surface area (TPSA) is 55.9 Å². The van der Waals surface area contributed by atoms with Crippen molar-refractivity contribution in [3.8, 4) is 0 Å². The van der Waals surface area contributed by atoms with Gasteiger partial charge in [-0.05, 0) is 38.0 Å². The molecule has 2 rings (SSSR count). The SMILES string of the molecule is Cc1cc(C)c(C(NN)c2cnn(C)c2C)c(F)c1. The molecule has 5 heteroatoms. The van der Waals surface area contributed by atoms with Crippen molar-refractivity contribution in [2.45, 2.75) is 26.8 Å². The van der Waals surface area contributed by atoms with E-state index in [-0.39, 0.29) is 5.82 Å². The molecule has 19 heavy (non-hydrogen) atoms. The van der Waals surface area contributed by atoms with Crippen molar-refractivity contribution >= 4 is 0 Å². The molecule has 1 unspecified atom stereocenters. The predicted molar refractivity (Wildman–Crippen MR) is 73.0 cm³/mol. The number of nitrogens with one attached hydrogen (secondary N) is 1. The fourth-order valence-electron chi connectivity index (χ4n) is 2.42. The Morgan fingerprint density at radius 2 is 2.00 bits per heavy atom. The number of rotatable bonds is 3. The van der Waals surface area contributed by atoms with Crippen LogP contribution >= 0.6 is 0 Å². The summed E-state index contributed by atoms with van der Waals surface area (Å²) >= 11 is 0. The van der Waals surface area contributed by atoms with Crippen molar-refractivity contribution < 1.29 is 4.39 Å². The third kappa shape index (κ3) is 2.39. The van der Waals surface area contributed by atoms with Gasteiger partial charge in [0.1, 0.15) is 5.82 Å². The van der Waals surface area contributed by atoms with E-state index in [2.05, 4.69) is 10.5 Å². The van der Waals surface area contributed by atoms with Crippen LogP contribution in [0, 0.1) is 26.6 Å². The zero-order chi connectivity index (χ0) is 14.2. The van der Waals surface area contributed by atoms with Crippen LogP contribution in [0.4, 0.5) is 4.39 Å². The first-order valence-electron chi connectivity index (χ1n) is 6.17. The summed E-state index contributed by atoms with van der Waals surface area (Å²) in [7, 11) is 1.85. The van der Waals surface area contributed by atoms with E-state index in [1.54, 1.807) is 10.9 Å². The first-order valence-corrected chi connectivity index (χ1v) is 6.17. The zero-order valence-corrected chi connectivity index (χ0v) is 11.7. The van der Waals surface area contributed by atoms with Gasteiger partial charge in [-0.1, -0.05) is 6.07 Å². The average Bonchev–Trinajstić information content (AvgIpc) is 2.65. The van der Waals surface area contributed by atoms with Gasteiger partial charge in [-0.2, -0.15) is 5.10 Å². The fourth-order valence-corrected chi connectivity index (χ4v) is 2.42. The molecule has 4 nitrogen and oxygen atoms in total. The molecule has 0 aliphatic heterocycles. The Balaban J connectivity index is 2.58. The maximum absolute atomic E-state index is 14.2. The Morgan fingerprint density at radius 1 is 1.32 bits per heavy atom. The predicted octanol–water partition coefficient (Wildman–Crippen LogP) is 2.04. The van der Waals surface area contributed by atoms with Crippen LogP contribution in [0.1, 0.15) is 34.0 Å². The third-order valence-corrected chi connectivity index (χ3v) is 3.52. The molecule has 0 saturated carbocycles. The van der Waals surface area contributed by atoms with Gasteiger partial charge in [0.2, 0.25) is 0 Å². The molecule has 3 N–H and O–H groups in total. The summed E-state index contributed by atoms with van der Waals surface area (Å²) in [6.45, 7) is 5.70. The number of aryl methyl sites for hydroxylation is 3. The van der Waals surface area contributed by atoms with Crippen LogP contribution in [-0.2, 0) is 7.05 Å². The summed E-state index contributed by atoms with van der Waals surface area (Å²) in [5.41, 5.74) is 6.89. The largest absolute Gasteiger partial charge is 0.273 e. The maximum Gasteiger partial charge on any atom is 0.128 e. The van der Waals surface area contributed by atoms with Gasteiger partial charge < -0.3 is 0 Å². The van der Waals surface area contributed by atoms with Crippen molar-refractivity contribution in [2.75, 3.05) is 0 Å². The van der Waals surface area contributed by atoms with Crippen LogP contribution in [-0.4, -0.2) is 9.78 Å². The molecule has 0 saturated heterocycles. The molecule has 102 valence electrons. The van der Waals surface area contributed by atoms with E-state index < -0.39 is 6.04 Å². The molecule has 1 aromatic heterocycles. The normalized spacial score (nSPS) is 12.7. The molecule has 1 heterocycles. The van der Waals surface area contributed by atoms with E-state index in [0.29, 0.717) is 5.56 Å². The van der Waals surface area contributed by atoms with Crippen molar-refractivity contribution in [3.63, 3.8) is 0 Å². The molecular formula is C14H19FN4. The van der Waals surface area contributed by atoms with Crippen molar-refractivity contribution in [1.29, 1.82) is 0 Å². The Bertz CT molecular complexity index is 580. The second-order valence-electron chi connectivity index (χ2n) is 4.89. The maximum atomic E-state index is 14.2. The highest BCUT2D eigenvalue weighted by Gasteiger charge is 2.22. The average molecular weight is 262 g/mol. The van der Waals surface area contributed by atoms with Crippen LogP contribution in [0.2, 0.25) is 0 Å². The number of benzene rings is 1. The number of nitrogens with two attached hydrogens (primary N) is 1. The number of hydrogen-bond acceptors (Lipinski definition) is 3. The second-order valence-corrected chi connectivity index (χ2v) is 4.89. The lowest BCUT2D eigenvalue weighted by molar-refractivity contribution is 0.554. The summed E-state index contributed by atoms with van der Waals surface area (Å²) in [5, 5.41) is 4.19. The van der Waals surface area contributed by atoms with Gasteiger partial charge in [-0.25, -0.2) is 9.82 Å². The van der Waals surface area contributed by atoms with Crippen molar-refractivity contribution in [3.05, 3.63) is 52.1 Å². The second kappa shape index (κ2) is 5.11. The van der Waals surface area contributed by atoms with E-state index in [9.17, 15) is 4.39 Å².